The molecule has 1 aliphatic carbocycles. The molecule has 76 valence electrons. The summed E-state index contributed by atoms with van der Waals surface area (Å²) >= 11 is 0. The monoisotopic (exact) mass is 191 g/mol. The van der Waals surface area contributed by atoms with E-state index < -0.39 is 0 Å². The van der Waals surface area contributed by atoms with E-state index in [1.807, 2.05) is 19.4 Å². The predicted octanol–water partition coefficient (Wildman–Crippen LogP) is 1.08. The van der Waals surface area contributed by atoms with Gasteiger partial charge in [-0.25, -0.2) is 0 Å². The minimum atomic E-state index is 0.302. The van der Waals surface area contributed by atoms with Crippen molar-refractivity contribution in [3.8, 4) is 0 Å². The molecule has 1 aromatic rings. The molecule has 1 atom stereocenters. The molecule has 3 N–H and O–H groups in total. The van der Waals surface area contributed by atoms with Crippen molar-refractivity contribution >= 4 is 0 Å². The number of pyridine rings is 1. The smallest absolute Gasteiger partial charge is 0.0388 e. The Morgan fingerprint density at radius 2 is 2.14 bits per heavy atom. The van der Waals surface area contributed by atoms with Gasteiger partial charge in [-0.15, -0.1) is 0 Å². The average molecular weight is 191 g/mol. The van der Waals surface area contributed by atoms with Crippen LogP contribution in [0, 0.1) is 5.41 Å². The van der Waals surface area contributed by atoms with E-state index in [0.717, 1.165) is 6.54 Å². The van der Waals surface area contributed by atoms with Gasteiger partial charge >= 0.3 is 0 Å². The van der Waals surface area contributed by atoms with Gasteiger partial charge in [-0.3, -0.25) is 4.98 Å². The first kappa shape index (κ1) is 9.62. The van der Waals surface area contributed by atoms with Crippen LogP contribution in [0.25, 0.3) is 0 Å². The van der Waals surface area contributed by atoms with Crippen LogP contribution in [0.5, 0.6) is 0 Å². The summed E-state index contributed by atoms with van der Waals surface area (Å²) in [6.45, 7) is 0.765. The molecular formula is C11H17N3. The third-order valence-electron chi connectivity index (χ3n) is 3.24. The summed E-state index contributed by atoms with van der Waals surface area (Å²) < 4.78 is 0. The number of hydrogen-bond donors (Lipinski definition) is 2. The molecule has 0 aromatic carbocycles. The first-order valence-corrected chi connectivity index (χ1v) is 5.10. The van der Waals surface area contributed by atoms with E-state index in [4.69, 9.17) is 5.73 Å². The molecular weight excluding hydrogens is 174 g/mol. The molecule has 14 heavy (non-hydrogen) atoms. The van der Waals surface area contributed by atoms with Crippen LogP contribution in [-0.4, -0.2) is 18.6 Å². The van der Waals surface area contributed by atoms with Crippen molar-refractivity contribution in [1.82, 2.24) is 10.3 Å². The van der Waals surface area contributed by atoms with E-state index in [1.165, 1.54) is 18.4 Å². The molecule has 1 aromatic heterocycles. The minimum Gasteiger partial charge on any atom is -0.330 e. The molecule has 0 aliphatic heterocycles. The van der Waals surface area contributed by atoms with Gasteiger partial charge in [-0.05, 0) is 44.1 Å². The number of nitrogens with one attached hydrogen (secondary N) is 1. The van der Waals surface area contributed by atoms with Crippen LogP contribution in [0.4, 0.5) is 0 Å². The summed E-state index contributed by atoms with van der Waals surface area (Å²) in [6, 6.07) is 4.52. The number of rotatable bonds is 4. The zero-order valence-electron chi connectivity index (χ0n) is 8.53. The van der Waals surface area contributed by atoms with Gasteiger partial charge in [0.2, 0.25) is 0 Å². The Morgan fingerprint density at radius 3 is 2.57 bits per heavy atom. The number of aromatic nitrogens is 1. The van der Waals surface area contributed by atoms with Crippen molar-refractivity contribution in [3.63, 3.8) is 0 Å². The predicted molar refractivity (Wildman–Crippen MR) is 56.8 cm³/mol. The molecule has 1 unspecified atom stereocenters. The van der Waals surface area contributed by atoms with Crippen molar-refractivity contribution in [2.45, 2.75) is 18.9 Å². The molecule has 0 spiro atoms. The number of hydrogen-bond acceptors (Lipinski definition) is 3. The van der Waals surface area contributed by atoms with Gasteiger partial charge in [-0.1, -0.05) is 0 Å². The minimum absolute atomic E-state index is 0.302. The Labute approximate surface area is 84.7 Å². The van der Waals surface area contributed by atoms with E-state index in [1.54, 1.807) is 0 Å². The number of nitrogens with zero attached hydrogens (tertiary/aromatic N) is 1. The lowest BCUT2D eigenvalue weighted by Gasteiger charge is -2.25. The second-order valence-electron chi connectivity index (χ2n) is 4.07. The van der Waals surface area contributed by atoms with Gasteiger partial charge in [0.1, 0.15) is 0 Å². The molecule has 0 saturated heterocycles. The lowest BCUT2D eigenvalue weighted by Crippen LogP contribution is -2.32. The van der Waals surface area contributed by atoms with Gasteiger partial charge in [0.15, 0.2) is 0 Å². The zero-order chi connectivity index (χ0) is 10.0. The molecule has 1 heterocycles. The van der Waals surface area contributed by atoms with Crippen molar-refractivity contribution in [2.24, 2.45) is 11.1 Å². The van der Waals surface area contributed by atoms with E-state index in [2.05, 4.69) is 22.4 Å². The van der Waals surface area contributed by atoms with Crippen molar-refractivity contribution in [3.05, 3.63) is 30.1 Å². The Morgan fingerprint density at radius 1 is 1.50 bits per heavy atom. The summed E-state index contributed by atoms with van der Waals surface area (Å²) in [6.07, 6.45) is 6.15. The molecule has 2 rings (SSSR count). The highest BCUT2D eigenvalue weighted by atomic mass is 14.9. The standard InChI is InChI=1S/C11H17N3/c1-13-10(11(8-12)4-5-11)9-2-6-14-7-3-9/h2-3,6-7,10,13H,4-5,8,12H2,1H3. The fraction of sp³-hybridized carbons (Fsp3) is 0.545. The van der Waals surface area contributed by atoms with Crippen LogP contribution < -0.4 is 11.1 Å². The fourth-order valence-corrected chi connectivity index (χ4v) is 2.15. The molecule has 0 amide bonds. The SMILES string of the molecule is CNC(c1ccncc1)C1(CN)CC1. The van der Waals surface area contributed by atoms with Gasteiger partial charge in [0.25, 0.3) is 0 Å². The summed E-state index contributed by atoms with van der Waals surface area (Å²) in [5.41, 5.74) is 7.43. The molecule has 3 nitrogen and oxygen atoms in total. The molecule has 3 heteroatoms. The lowest BCUT2D eigenvalue weighted by atomic mass is 9.91. The molecule has 1 aliphatic rings. The zero-order valence-corrected chi connectivity index (χ0v) is 8.53. The second kappa shape index (κ2) is 3.67. The van der Waals surface area contributed by atoms with Crippen molar-refractivity contribution in [2.75, 3.05) is 13.6 Å². The van der Waals surface area contributed by atoms with Crippen LogP contribution in [0.15, 0.2) is 24.5 Å². The third-order valence-corrected chi connectivity index (χ3v) is 3.24. The summed E-state index contributed by atoms with van der Waals surface area (Å²) in [7, 11) is 2.00. The highest BCUT2D eigenvalue weighted by Gasteiger charge is 2.48. The Hall–Kier alpha value is -0.930. The van der Waals surface area contributed by atoms with Crippen LogP contribution >= 0.6 is 0 Å². The molecule has 1 saturated carbocycles. The third kappa shape index (κ3) is 1.53. The Bertz CT molecular complexity index is 293. The summed E-state index contributed by atoms with van der Waals surface area (Å²) in [4.78, 5) is 4.03. The second-order valence-corrected chi connectivity index (χ2v) is 4.07. The lowest BCUT2D eigenvalue weighted by molar-refractivity contribution is 0.366. The molecule has 1 fully saturated rings. The Kier molecular flexibility index (Phi) is 2.52. The topological polar surface area (TPSA) is 50.9 Å². The quantitative estimate of drug-likeness (QED) is 0.748. The van der Waals surface area contributed by atoms with E-state index in [9.17, 15) is 0 Å². The van der Waals surface area contributed by atoms with Gasteiger partial charge in [0, 0.05) is 23.9 Å². The largest absolute Gasteiger partial charge is 0.330 e. The highest BCUT2D eigenvalue weighted by molar-refractivity contribution is 5.21. The van der Waals surface area contributed by atoms with E-state index >= 15 is 0 Å². The van der Waals surface area contributed by atoms with Gasteiger partial charge in [-0.2, -0.15) is 0 Å². The maximum Gasteiger partial charge on any atom is 0.0388 e. The van der Waals surface area contributed by atoms with Gasteiger partial charge in [0.05, 0.1) is 0 Å². The summed E-state index contributed by atoms with van der Waals surface area (Å²) in [5, 5.41) is 3.36. The van der Waals surface area contributed by atoms with Gasteiger partial charge < -0.3 is 11.1 Å². The van der Waals surface area contributed by atoms with Crippen LogP contribution in [0.1, 0.15) is 24.4 Å². The summed E-state index contributed by atoms with van der Waals surface area (Å²) in [5.74, 6) is 0. The maximum absolute atomic E-state index is 5.83. The maximum atomic E-state index is 5.83. The first-order chi connectivity index (χ1) is 6.82. The van der Waals surface area contributed by atoms with Crippen LogP contribution in [0.2, 0.25) is 0 Å². The van der Waals surface area contributed by atoms with E-state index in [0.29, 0.717) is 11.5 Å². The average Bonchev–Trinajstić information content (AvgIpc) is 3.02. The van der Waals surface area contributed by atoms with Crippen LogP contribution in [0.3, 0.4) is 0 Å². The highest BCUT2D eigenvalue weighted by Crippen LogP contribution is 2.53. The van der Waals surface area contributed by atoms with Crippen molar-refractivity contribution in [1.29, 1.82) is 0 Å². The van der Waals surface area contributed by atoms with Crippen LogP contribution in [-0.2, 0) is 0 Å². The Balaban J connectivity index is 2.22. The normalized spacial score (nSPS) is 20.4. The molecule has 0 bridgehead atoms. The van der Waals surface area contributed by atoms with E-state index in [-0.39, 0.29) is 0 Å². The molecule has 0 radical (unpaired) electrons. The fourth-order valence-electron chi connectivity index (χ4n) is 2.15. The van der Waals surface area contributed by atoms with Crippen molar-refractivity contribution < 1.29 is 0 Å². The number of nitrogens with two attached hydrogens (primary N) is 1. The first-order valence-electron chi connectivity index (χ1n) is 5.10.